The predicted octanol–water partition coefficient (Wildman–Crippen LogP) is 0.188. The van der Waals surface area contributed by atoms with Gasteiger partial charge in [-0.3, -0.25) is 4.79 Å². The van der Waals surface area contributed by atoms with Gasteiger partial charge in [0.15, 0.2) is 0 Å². The van der Waals surface area contributed by atoms with Crippen LogP contribution < -0.4 is 15.1 Å². The third-order valence-electron chi connectivity index (χ3n) is 5.57. The number of rotatable bonds is 5. The number of aryl methyl sites for hydroxylation is 2. The maximum atomic E-state index is 12.7. The molecule has 1 aliphatic rings. The van der Waals surface area contributed by atoms with Gasteiger partial charge in [-0.05, 0) is 25.5 Å². The fraction of sp³-hybridized carbons (Fsp3) is 0.409. The van der Waals surface area contributed by atoms with Crippen LogP contribution in [0.3, 0.4) is 0 Å². The van der Waals surface area contributed by atoms with Crippen molar-refractivity contribution in [3.63, 3.8) is 0 Å². The second-order valence-electron chi connectivity index (χ2n) is 7.60. The van der Waals surface area contributed by atoms with Crippen LogP contribution >= 0.6 is 0 Å². The largest absolute Gasteiger partial charge is 0.346 e. The van der Waals surface area contributed by atoms with Crippen molar-refractivity contribution in [2.75, 3.05) is 39.8 Å². The zero-order valence-electron chi connectivity index (χ0n) is 16.1. The average Bonchev–Trinajstić information content (AvgIpc) is 2.65. The molecule has 138 valence electrons. The molecule has 2 aromatic rings. The van der Waals surface area contributed by atoms with Crippen molar-refractivity contribution in [3.8, 4) is 0 Å². The fourth-order valence-electron chi connectivity index (χ4n) is 3.76. The van der Waals surface area contributed by atoms with Crippen LogP contribution in [0.15, 0.2) is 48.5 Å². The number of hydrogen-bond acceptors (Lipinski definition) is 1. The van der Waals surface area contributed by atoms with Crippen molar-refractivity contribution < 1.29 is 14.6 Å². The molecule has 0 aliphatic carbocycles. The van der Waals surface area contributed by atoms with E-state index in [0.717, 1.165) is 24.2 Å². The Labute approximate surface area is 156 Å². The molecule has 4 heteroatoms. The summed E-state index contributed by atoms with van der Waals surface area (Å²) in [6.07, 6.45) is 0. The number of likely N-dealkylation sites (N-methyl/N-ethyl adjacent to an activating group) is 1. The summed E-state index contributed by atoms with van der Waals surface area (Å²) >= 11 is 0. The second-order valence-corrected chi connectivity index (χ2v) is 7.60. The second kappa shape index (κ2) is 8.47. The Hall–Kier alpha value is -2.17. The van der Waals surface area contributed by atoms with Crippen LogP contribution in [0, 0.1) is 13.8 Å². The van der Waals surface area contributed by atoms with Crippen molar-refractivity contribution in [2.24, 2.45) is 0 Å². The molecule has 4 nitrogen and oxygen atoms in total. The quantitative estimate of drug-likeness (QED) is 0.705. The van der Waals surface area contributed by atoms with Crippen LogP contribution in [0.2, 0.25) is 0 Å². The summed E-state index contributed by atoms with van der Waals surface area (Å²) in [7, 11) is 2.26. The summed E-state index contributed by atoms with van der Waals surface area (Å²) in [6, 6.07) is 16.9. The number of quaternary nitrogens is 2. The Kier molecular flexibility index (Phi) is 6.07. The van der Waals surface area contributed by atoms with Gasteiger partial charge in [0.2, 0.25) is 0 Å². The summed E-state index contributed by atoms with van der Waals surface area (Å²) in [6.45, 7) is 9.43. The number of hydrogen-bond donors (Lipinski definition) is 3. The lowest BCUT2D eigenvalue weighted by atomic mass is 10.0. The van der Waals surface area contributed by atoms with Gasteiger partial charge in [0, 0.05) is 11.1 Å². The highest BCUT2D eigenvalue weighted by molar-refractivity contribution is 5.95. The molecule has 26 heavy (non-hydrogen) atoms. The highest BCUT2D eigenvalue weighted by Crippen LogP contribution is 2.12. The Morgan fingerprint density at radius 3 is 2.31 bits per heavy atom. The molecule has 0 spiro atoms. The first kappa shape index (κ1) is 18.6. The van der Waals surface area contributed by atoms with E-state index in [4.69, 9.17) is 0 Å². The number of benzene rings is 2. The molecule has 3 N–H and O–H groups in total. The number of amides is 1. The Bertz CT molecular complexity index is 733. The normalized spacial score (nSPS) is 21.2. The van der Waals surface area contributed by atoms with Crippen LogP contribution in [0.5, 0.6) is 0 Å². The van der Waals surface area contributed by atoms with E-state index in [1.807, 2.05) is 31.2 Å². The predicted molar refractivity (Wildman–Crippen MR) is 105 cm³/mol. The lowest BCUT2D eigenvalue weighted by molar-refractivity contribution is -1.02. The van der Waals surface area contributed by atoms with Gasteiger partial charge in [-0.25, -0.2) is 0 Å². The zero-order chi connectivity index (χ0) is 18.5. The molecule has 0 aromatic heterocycles. The number of nitrogens with one attached hydrogen (secondary N) is 3. The summed E-state index contributed by atoms with van der Waals surface area (Å²) in [5, 5.41) is 3.19. The summed E-state index contributed by atoms with van der Waals surface area (Å²) in [4.78, 5) is 15.8. The monoisotopic (exact) mass is 353 g/mol. The maximum Gasteiger partial charge on any atom is 0.251 e. The molecule has 1 aliphatic heterocycles. The molecule has 1 heterocycles. The standard InChI is InChI=1S/C22H29N3O/c1-17-8-10-19(11-9-17)21(25-14-12-24(3)13-15-25)16-23-22(26)20-7-5-4-6-18(20)2/h4-11,21H,12-16H2,1-3H3,(H,23,26)/p+2/t21-/m0/s1. The highest BCUT2D eigenvalue weighted by Gasteiger charge is 2.29. The number of carbonyl (C=O) groups is 1. The third kappa shape index (κ3) is 4.51. The molecule has 1 atom stereocenters. The molecule has 0 bridgehead atoms. The van der Waals surface area contributed by atoms with E-state index < -0.39 is 0 Å². The van der Waals surface area contributed by atoms with Crippen LogP contribution in [-0.4, -0.2) is 45.7 Å². The first-order chi connectivity index (χ1) is 12.5. The first-order valence-corrected chi connectivity index (χ1v) is 9.61. The molecular weight excluding hydrogens is 322 g/mol. The summed E-state index contributed by atoms with van der Waals surface area (Å²) in [5.41, 5.74) is 4.38. The van der Waals surface area contributed by atoms with Crippen LogP contribution in [0.1, 0.15) is 33.1 Å². The van der Waals surface area contributed by atoms with E-state index in [1.165, 1.54) is 24.2 Å². The van der Waals surface area contributed by atoms with E-state index in [1.54, 1.807) is 9.80 Å². The molecule has 1 saturated heterocycles. The van der Waals surface area contributed by atoms with Gasteiger partial charge in [-0.2, -0.15) is 0 Å². The third-order valence-corrected chi connectivity index (χ3v) is 5.57. The first-order valence-electron chi connectivity index (χ1n) is 9.61. The van der Waals surface area contributed by atoms with Gasteiger partial charge in [0.05, 0.1) is 13.6 Å². The number of carbonyl (C=O) groups excluding carboxylic acids is 1. The van der Waals surface area contributed by atoms with Gasteiger partial charge in [-0.15, -0.1) is 0 Å². The average molecular weight is 354 g/mol. The van der Waals surface area contributed by atoms with Gasteiger partial charge >= 0.3 is 0 Å². The highest BCUT2D eigenvalue weighted by atomic mass is 16.1. The fourth-order valence-corrected chi connectivity index (χ4v) is 3.76. The van der Waals surface area contributed by atoms with E-state index in [9.17, 15) is 4.79 Å². The molecule has 3 rings (SSSR count). The van der Waals surface area contributed by atoms with Gasteiger partial charge < -0.3 is 15.1 Å². The lowest BCUT2D eigenvalue weighted by Crippen LogP contribution is -3.27. The van der Waals surface area contributed by atoms with E-state index in [-0.39, 0.29) is 5.91 Å². The molecule has 0 radical (unpaired) electrons. The van der Waals surface area contributed by atoms with Crippen LogP contribution in [-0.2, 0) is 0 Å². The summed E-state index contributed by atoms with van der Waals surface area (Å²) in [5.74, 6) is 0.0272. The number of piperazine rings is 1. The molecule has 0 saturated carbocycles. The van der Waals surface area contributed by atoms with Crippen LogP contribution in [0.25, 0.3) is 0 Å². The minimum atomic E-state index is 0.0272. The minimum Gasteiger partial charge on any atom is -0.346 e. The zero-order valence-corrected chi connectivity index (χ0v) is 16.1. The molecular formula is C22H31N3O+2. The molecule has 2 aromatic carbocycles. The van der Waals surface area contributed by atoms with Crippen molar-refractivity contribution in [3.05, 3.63) is 70.8 Å². The van der Waals surface area contributed by atoms with Gasteiger partial charge in [0.25, 0.3) is 5.91 Å². The minimum absolute atomic E-state index is 0.0272. The Morgan fingerprint density at radius 1 is 1.00 bits per heavy atom. The van der Waals surface area contributed by atoms with Crippen molar-refractivity contribution in [1.29, 1.82) is 0 Å². The molecule has 1 amide bonds. The van der Waals surface area contributed by atoms with Crippen molar-refractivity contribution in [1.82, 2.24) is 5.32 Å². The van der Waals surface area contributed by atoms with Crippen LogP contribution in [0.4, 0.5) is 0 Å². The molecule has 0 unspecified atom stereocenters. The van der Waals surface area contributed by atoms with E-state index >= 15 is 0 Å². The van der Waals surface area contributed by atoms with Gasteiger partial charge in [-0.1, -0.05) is 48.0 Å². The Morgan fingerprint density at radius 2 is 1.65 bits per heavy atom. The molecule has 1 fully saturated rings. The smallest absolute Gasteiger partial charge is 0.251 e. The van der Waals surface area contributed by atoms with Gasteiger partial charge in [0.1, 0.15) is 32.2 Å². The summed E-state index contributed by atoms with van der Waals surface area (Å²) < 4.78 is 0. The Balaban J connectivity index is 1.74. The topological polar surface area (TPSA) is 38.0 Å². The van der Waals surface area contributed by atoms with E-state index in [0.29, 0.717) is 12.6 Å². The SMILES string of the molecule is Cc1ccc([C@H](CNC(=O)c2ccccc2C)[NH+]2CC[NH+](C)CC2)cc1. The lowest BCUT2D eigenvalue weighted by Gasteiger charge is -2.33. The van der Waals surface area contributed by atoms with E-state index in [2.05, 4.69) is 43.6 Å². The van der Waals surface area contributed by atoms with Crippen molar-refractivity contribution >= 4 is 5.91 Å². The van der Waals surface area contributed by atoms with Crippen molar-refractivity contribution in [2.45, 2.75) is 19.9 Å². The maximum absolute atomic E-state index is 12.7.